The highest BCUT2D eigenvalue weighted by Crippen LogP contribution is 2.25. The summed E-state index contributed by atoms with van der Waals surface area (Å²) in [5, 5.41) is 2.97. The molecule has 1 N–H and O–H groups in total. The molecule has 3 heteroatoms. The number of anilines is 1. The van der Waals surface area contributed by atoms with E-state index in [4.69, 9.17) is 4.74 Å². The number of carbonyl (C=O) groups is 1. The largest absolute Gasteiger partial charge is 0.497 e. The Morgan fingerprint density at radius 2 is 1.64 bits per heavy atom. The van der Waals surface area contributed by atoms with Gasteiger partial charge in [-0.25, -0.2) is 0 Å². The fraction of sp³-hybridized carbons (Fsp3) is 0.316. The molecule has 22 heavy (non-hydrogen) atoms. The molecular weight excluding hydrogens is 274 g/mol. The molecule has 0 aromatic heterocycles. The topological polar surface area (TPSA) is 38.3 Å². The van der Waals surface area contributed by atoms with Crippen LogP contribution in [0.4, 0.5) is 5.69 Å². The summed E-state index contributed by atoms with van der Waals surface area (Å²) < 4.78 is 5.12. The SMILES string of the molecule is COc1ccc(NC(=O)C(C)(C)Cc2ccc(C)cc2)cc1. The zero-order valence-electron chi connectivity index (χ0n) is 13.6. The molecule has 0 aliphatic carbocycles. The summed E-state index contributed by atoms with van der Waals surface area (Å²) in [5.41, 5.74) is 2.70. The van der Waals surface area contributed by atoms with Gasteiger partial charge in [0.25, 0.3) is 0 Å². The van der Waals surface area contributed by atoms with E-state index < -0.39 is 5.41 Å². The number of rotatable bonds is 5. The summed E-state index contributed by atoms with van der Waals surface area (Å²) in [4.78, 5) is 12.5. The smallest absolute Gasteiger partial charge is 0.230 e. The third-order valence-electron chi connectivity index (χ3n) is 3.73. The highest BCUT2D eigenvalue weighted by Gasteiger charge is 2.28. The van der Waals surface area contributed by atoms with Gasteiger partial charge < -0.3 is 10.1 Å². The molecule has 0 unspecified atom stereocenters. The second-order valence-electron chi connectivity index (χ2n) is 6.23. The molecule has 0 atom stereocenters. The van der Waals surface area contributed by atoms with E-state index in [0.717, 1.165) is 11.4 Å². The van der Waals surface area contributed by atoms with E-state index in [9.17, 15) is 4.79 Å². The van der Waals surface area contributed by atoms with E-state index >= 15 is 0 Å². The number of nitrogens with one attached hydrogen (secondary N) is 1. The summed E-state index contributed by atoms with van der Waals surface area (Å²) in [6.07, 6.45) is 0.704. The van der Waals surface area contributed by atoms with Crippen molar-refractivity contribution in [1.29, 1.82) is 0 Å². The van der Waals surface area contributed by atoms with Gasteiger partial charge in [-0.05, 0) is 43.2 Å². The number of methoxy groups -OCH3 is 1. The van der Waals surface area contributed by atoms with Crippen LogP contribution >= 0.6 is 0 Å². The molecule has 0 fully saturated rings. The molecule has 0 heterocycles. The van der Waals surface area contributed by atoms with Gasteiger partial charge in [0.15, 0.2) is 0 Å². The molecule has 1 amide bonds. The minimum atomic E-state index is -0.477. The first-order chi connectivity index (χ1) is 10.4. The van der Waals surface area contributed by atoms with Crippen LogP contribution in [0.15, 0.2) is 48.5 Å². The lowest BCUT2D eigenvalue weighted by molar-refractivity contribution is -0.123. The van der Waals surface area contributed by atoms with Crippen molar-refractivity contribution in [2.75, 3.05) is 12.4 Å². The lowest BCUT2D eigenvalue weighted by atomic mass is 9.84. The zero-order valence-corrected chi connectivity index (χ0v) is 13.6. The summed E-state index contributed by atoms with van der Waals surface area (Å²) in [7, 11) is 1.62. The molecule has 0 bridgehead atoms. The van der Waals surface area contributed by atoms with Crippen LogP contribution in [0.5, 0.6) is 5.75 Å². The van der Waals surface area contributed by atoms with Gasteiger partial charge in [0.1, 0.15) is 5.75 Å². The van der Waals surface area contributed by atoms with Crippen LogP contribution in [0, 0.1) is 12.3 Å². The molecule has 0 saturated carbocycles. The predicted octanol–water partition coefficient (Wildman–Crippen LogP) is 4.21. The normalized spacial score (nSPS) is 11.1. The predicted molar refractivity (Wildman–Crippen MR) is 90.3 cm³/mol. The molecule has 2 aromatic carbocycles. The molecule has 116 valence electrons. The number of benzene rings is 2. The highest BCUT2D eigenvalue weighted by atomic mass is 16.5. The van der Waals surface area contributed by atoms with Gasteiger partial charge in [-0.2, -0.15) is 0 Å². The molecular formula is C19H23NO2. The Kier molecular flexibility index (Phi) is 4.86. The molecule has 0 aliphatic heterocycles. The van der Waals surface area contributed by atoms with Crippen molar-refractivity contribution in [3.8, 4) is 5.75 Å². The van der Waals surface area contributed by atoms with Crippen molar-refractivity contribution >= 4 is 11.6 Å². The van der Waals surface area contributed by atoms with Gasteiger partial charge in [0.05, 0.1) is 7.11 Å². The Hall–Kier alpha value is -2.29. The van der Waals surface area contributed by atoms with Gasteiger partial charge in [-0.3, -0.25) is 4.79 Å². The summed E-state index contributed by atoms with van der Waals surface area (Å²) >= 11 is 0. The van der Waals surface area contributed by atoms with E-state index in [0.29, 0.717) is 6.42 Å². The number of hydrogen-bond donors (Lipinski definition) is 1. The van der Waals surface area contributed by atoms with Gasteiger partial charge >= 0.3 is 0 Å². The molecule has 2 aromatic rings. The van der Waals surface area contributed by atoms with Crippen molar-refractivity contribution in [2.45, 2.75) is 27.2 Å². The summed E-state index contributed by atoms with van der Waals surface area (Å²) in [6.45, 7) is 5.99. The number of ether oxygens (including phenoxy) is 1. The second-order valence-corrected chi connectivity index (χ2v) is 6.23. The molecule has 2 rings (SSSR count). The molecule has 0 aliphatic rings. The number of carbonyl (C=O) groups excluding carboxylic acids is 1. The van der Waals surface area contributed by atoms with Crippen LogP contribution in [0.25, 0.3) is 0 Å². The second kappa shape index (κ2) is 6.65. The molecule has 0 radical (unpaired) electrons. The average Bonchev–Trinajstić information content (AvgIpc) is 2.50. The third kappa shape index (κ3) is 4.10. The van der Waals surface area contributed by atoms with Crippen molar-refractivity contribution in [2.24, 2.45) is 5.41 Å². The van der Waals surface area contributed by atoms with Crippen LogP contribution in [-0.2, 0) is 11.2 Å². The van der Waals surface area contributed by atoms with Gasteiger partial charge in [0.2, 0.25) is 5.91 Å². The fourth-order valence-corrected chi connectivity index (χ4v) is 2.27. The summed E-state index contributed by atoms with van der Waals surface area (Å²) in [6, 6.07) is 15.7. The lowest BCUT2D eigenvalue weighted by Crippen LogP contribution is -2.32. The minimum absolute atomic E-state index is 0.0123. The van der Waals surface area contributed by atoms with Crippen LogP contribution in [0.1, 0.15) is 25.0 Å². The molecule has 0 saturated heterocycles. The van der Waals surface area contributed by atoms with Crippen molar-refractivity contribution in [3.05, 3.63) is 59.7 Å². The zero-order chi connectivity index (χ0) is 16.2. The first-order valence-electron chi connectivity index (χ1n) is 7.42. The first kappa shape index (κ1) is 16.1. The Balaban J connectivity index is 2.04. The van der Waals surface area contributed by atoms with Crippen LogP contribution < -0.4 is 10.1 Å². The minimum Gasteiger partial charge on any atom is -0.497 e. The van der Waals surface area contributed by atoms with Crippen LogP contribution in [-0.4, -0.2) is 13.0 Å². The van der Waals surface area contributed by atoms with E-state index in [1.807, 2.05) is 38.1 Å². The van der Waals surface area contributed by atoms with Gasteiger partial charge in [-0.15, -0.1) is 0 Å². The summed E-state index contributed by atoms with van der Waals surface area (Å²) in [5.74, 6) is 0.787. The first-order valence-corrected chi connectivity index (χ1v) is 7.42. The number of amides is 1. The van der Waals surface area contributed by atoms with E-state index in [-0.39, 0.29) is 5.91 Å². The van der Waals surface area contributed by atoms with Gasteiger partial charge in [-0.1, -0.05) is 43.7 Å². The highest BCUT2D eigenvalue weighted by molar-refractivity contribution is 5.95. The van der Waals surface area contributed by atoms with E-state index in [2.05, 4.69) is 36.5 Å². The molecule has 0 spiro atoms. The lowest BCUT2D eigenvalue weighted by Gasteiger charge is -2.24. The third-order valence-corrected chi connectivity index (χ3v) is 3.73. The van der Waals surface area contributed by atoms with Gasteiger partial charge in [0, 0.05) is 11.1 Å². The Morgan fingerprint density at radius 3 is 2.18 bits per heavy atom. The number of aryl methyl sites for hydroxylation is 1. The monoisotopic (exact) mass is 297 g/mol. The Bertz CT molecular complexity index is 627. The van der Waals surface area contributed by atoms with Crippen molar-refractivity contribution < 1.29 is 9.53 Å². The van der Waals surface area contributed by atoms with Crippen molar-refractivity contribution in [1.82, 2.24) is 0 Å². The Labute approximate surface area is 132 Å². The quantitative estimate of drug-likeness (QED) is 0.897. The fourth-order valence-electron chi connectivity index (χ4n) is 2.27. The molecule has 3 nitrogen and oxygen atoms in total. The maximum atomic E-state index is 12.5. The van der Waals surface area contributed by atoms with Crippen LogP contribution in [0.3, 0.4) is 0 Å². The van der Waals surface area contributed by atoms with Crippen molar-refractivity contribution in [3.63, 3.8) is 0 Å². The maximum Gasteiger partial charge on any atom is 0.230 e. The standard InChI is InChI=1S/C19H23NO2/c1-14-5-7-15(8-6-14)13-19(2,3)18(21)20-16-9-11-17(22-4)12-10-16/h5-12H,13H2,1-4H3,(H,20,21). The Morgan fingerprint density at radius 1 is 1.05 bits per heavy atom. The number of hydrogen-bond acceptors (Lipinski definition) is 2. The van der Waals surface area contributed by atoms with E-state index in [1.54, 1.807) is 7.11 Å². The van der Waals surface area contributed by atoms with Crippen LogP contribution in [0.2, 0.25) is 0 Å². The maximum absolute atomic E-state index is 12.5. The van der Waals surface area contributed by atoms with E-state index in [1.165, 1.54) is 11.1 Å². The average molecular weight is 297 g/mol.